The lowest BCUT2D eigenvalue weighted by Crippen LogP contribution is -2.47. The summed E-state index contributed by atoms with van der Waals surface area (Å²) in [4.78, 5) is 38.9. The molecule has 1 spiro atoms. The minimum Gasteiger partial charge on any atom is -0.322 e. The molecule has 2 saturated heterocycles. The number of rotatable bonds is 3. The van der Waals surface area contributed by atoms with E-state index in [-0.39, 0.29) is 18.2 Å². The standard InChI is InChI=1S/C21H18N2O3S/c24-18(11-23-19(25)21(22-20(23)26)7-8-27-12-21)15-6-5-14-9-13-3-1-2-4-16(13)17(14)10-15/h1-6,10H,7-9,11-12H2,(H,22,26). The number of benzene rings is 2. The maximum atomic E-state index is 12.8. The predicted octanol–water partition coefficient (Wildman–Crippen LogP) is 2.87. The largest absolute Gasteiger partial charge is 0.325 e. The second-order valence-corrected chi connectivity index (χ2v) is 8.44. The van der Waals surface area contributed by atoms with E-state index in [4.69, 9.17) is 0 Å². The normalized spacial score (nSPS) is 22.9. The number of thioether (sulfide) groups is 1. The van der Waals surface area contributed by atoms with Gasteiger partial charge in [-0.1, -0.05) is 36.4 Å². The highest BCUT2D eigenvalue weighted by molar-refractivity contribution is 7.99. The van der Waals surface area contributed by atoms with Crippen LogP contribution in [-0.4, -0.2) is 46.2 Å². The number of hydrogen-bond donors (Lipinski definition) is 1. The van der Waals surface area contributed by atoms with Crippen LogP contribution in [0.4, 0.5) is 4.79 Å². The molecule has 2 aromatic carbocycles. The van der Waals surface area contributed by atoms with Crippen molar-refractivity contribution in [1.29, 1.82) is 0 Å². The van der Waals surface area contributed by atoms with Crippen LogP contribution in [0.2, 0.25) is 0 Å². The summed E-state index contributed by atoms with van der Waals surface area (Å²) in [6, 6.07) is 13.4. The third-order valence-electron chi connectivity index (χ3n) is 5.69. The van der Waals surface area contributed by atoms with E-state index in [1.165, 1.54) is 11.1 Å². The number of Topliss-reactive ketones (excluding diaryl/α,β-unsaturated/α-hetero) is 1. The van der Waals surface area contributed by atoms with Gasteiger partial charge in [0.05, 0.1) is 6.54 Å². The molecule has 2 heterocycles. The van der Waals surface area contributed by atoms with Crippen LogP contribution < -0.4 is 5.32 Å². The summed E-state index contributed by atoms with van der Waals surface area (Å²) in [5, 5.41) is 2.80. The SMILES string of the molecule is O=C(CN1C(=O)NC2(CCSC2)C1=O)c1ccc2c(c1)-c1ccccc1C2. The highest BCUT2D eigenvalue weighted by Gasteiger charge is 2.53. The Morgan fingerprint density at radius 1 is 1.11 bits per heavy atom. The molecule has 5 nitrogen and oxygen atoms in total. The van der Waals surface area contributed by atoms with Crippen LogP contribution in [0.1, 0.15) is 27.9 Å². The van der Waals surface area contributed by atoms with Gasteiger partial charge < -0.3 is 5.32 Å². The zero-order chi connectivity index (χ0) is 18.6. The zero-order valence-electron chi connectivity index (χ0n) is 14.7. The zero-order valence-corrected chi connectivity index (χ0v) is 15.5. The summed E-state index contributed by atoms with van der Waals surface area (Å²) >= 11 is 1.65. The Morgan fingerprint density at radius 2 is 1.93 bits per heavy atom. The molecular formula is C21H18N2O3S. The molecule has 0 bridgehead atoms. The molecule has 2 aliphatic heterocycles. The van der Waals surface area contributed by atoms with E-state index in [1.54, 1.807) is 17.8 Å². The predicted molar refractivity (Wildman–Crippen MR) is 104 cm³/mol. The van der Waals surface area contributed by atoms with Crippen molar-refractivity contribution in [3.05, 3.63) is 59.2 Å². The van der Waals surface area contributed by atoms with Crippen LogP contribution in [0.15, 0.2) is 42.5 Å². The van der Waals surface area contributed by atoms with Crippen molar-refractivity contribution >= 4 is 29.5 Å². The highest BCUT2D eigenvalue weighted by Crippen LogP contribution is 2.37. The molecular weight excluding hydrogens is 360 g/mol. The Labute approximate surface area is 161 Å². The van der Waals surface area contributed by atoms with Crippen molar-refractivity contribution in [1.82, 2.24) is 10.2 Å². The molecule has 1 aliphatic carbocycles. The monoisotopic (exact) mass is 378 g/mol. The Balaban J connectivity index is 1.40. The van der Waals surface area contributed by atoms with E-state index in [0.29, 0.717) is 17.7 Å². The number of ketones is 1. The number of nitrogens with one attached hydrogen (secondary N) is 1. The number of carbonyl (C=O) groups is 3. The molecule has 3 aliphatic rings. The van der Waals surface area contributed by atoms with E-state index < -0.39 is 11.6 Å². The fourth-order valence-corrected chi connectivity index (χ4v) is 5.51. The maximum Gasteiger partial charge on any atom is 0.325 e. The Hall–Kier alpha value is -2.60. The van der Waals surface area contributed by atoms with Crippen molar-refractivity contribution < 1.29 is 14.4 Å². The first kappa shape index (κ1) is 16.6. The molecule has 3 amide bonds. The van der Waals surface area contributed by atoms with Gasteiger partial charge in [-0.2, -0.15) is 11.8 Å². The average molecular weight is 378 g/mol. The van der Waals surface area contributed by atoms with Crippen LogP contribution in [0, 0.1) is 0 Å². The molecule has 0 radical (unpaired) electrons. The lowest BCUT2D eigenvalue weighted by Gasteiger charge is -2.19. The molecule has 136 valence electrons. The number of nitrogens with zero attached hydrogens (tertiary/aromatic N) is 1. The molecule has 1 atom stereocenters. The van der Waals surface area contributed by atoms with Gasteiger partial charge in [-0.05, 0) is 46.9 Å². The summed E-state index contributed by atoms with van der Waals surface area (Å²) in [5.41, 5.74) is 4.40. The van der Waals surface area contributed by atoms with Crippen LogP contribution in [0.25, 0.3) is 11.1 Å². The minimum atomic E-state index is -0.807. The van der Waals surface area contributed by atoms with Crippen molar-refractivity contribution in [2.75, 3.05) is 18.1 Å². The first-order valence-electron chi connectivity index (χ1n) is 9.04. The van der Waals surface area contributed by atoms with Gasteiger partial charge in [-0.3, -0.25) is 14.5 Å². The average Bonchev–Trinajstić information content (AvgIpc) is 3.35. The van der Waals surface area contributed by atoms with Gasteiger partial charge in [0.1, 0.15) is 5.54 Å². The van der Waals surface area contributed by atoms with Crippen molar-refractivity contribution in [3.63, 3.8) is 0 Å². The van der Waals surface area contributed by atoms with Gasteiger partial charge in [-0.25, -0.2) is 4.79 Å². The fraction of sp³-hybridized carbons (Fsp3) is 0.286. The lowest BCUT2D eigenvalue weighted by atomic mass is 9.98. The topological polar surface area (TPSA) is 66.5 Å². The third kappa shape index (κ3) is 2.51. The summed E-state index contributed by atoms with van der Waals surface area (Å²) in [7, 11) is 0. The molecule has 2 aromatic rings. The Morgan fingerprint density at radius 3 is 2.74 bits per heavy atom. The van der Waals surface area contributed by atoms with E-state index in [1.807, 2.05) is 24.3 Å². The van der Waals surface area contributed by atoms with Gasteiger partial charge in [0.25, 0.3) is 5.91 Å². The molecule has 6 heteroatoms. The molecule has 1 unspecified atom stereocenters. The fourth-order valence-electron chi connectivity index (χ4n) is 4.18. The van der Waals surface area contributed by atoms with Crippen LogP contribution in [-0.2, 0) is 11.2 Å². The maximum absolute atomic E-state index is 12.8. The molecule has 0 saturated carbocycles. The molecule has 2 fully saturated rings. The van der Waals surface area contributed by atoms with Crippen molar-refractivity contribution in [2.24, 2.45) is 0 Å². The number of hydrogen-bond acceptors (Lipinski definition) is 4. The van der Waals surface area contributed by atoms with E-state index in [0.717, 1.165) is 28.2 Å². The number of fused-ring (bicyclic) bond motifs is 3. The molecule has 5 rings (SSSR count). The van der Waals surface area contributed by atoms with Gasteiger partial charge in [0, 0.05) is 11.3 Å². The Bertz CT molecular complexity index is 995. The van der Waals surface area contributed by atoms with E-state index in [9.17, 15) is 14.4 Å². The van der Waals surface area contributed by atoms with Crippen LogP contribution in [0.3, 0.4) is 0 Å². The highest BCUT2D eigenvalue weighted by atomic mass is 32.2. The summed E-state index contributed by atoms with van der Waals surface area (Å²) in [6.07, 6.45) is 1.50. The number of amides is 3. The van der Waals surface area contributed by atoms with Crippen molar-refractivity contribution in [2.45, 2.75) is 18.4 Å². The minimum absolute atomic E-state index is 0.211. The second kappa shape index (κ2) is 5.96. The van der Waals surface area contributed by atoms with Gasteiger partial charge in [-0.15, -0.1) is 0 Å². The van der Waals surface area contributed by atoms with Crippen LogP contribution in [0.5, 0.6) is 0 Å². The number of urea groups is 1. The summed E-state index contributed by atoms with van der Waals surface area (Å²) in [5.74, 6) is 0.946. The second-order valence-electron chi connectivity index (χ2n) is 7.34. The molecule has 0 aromatic heterocycles. The van der Waals surface area contributed by atoms with E-state index in [2.05, 4.69) is 17.4 Å². The lowest BCUT2D eigenvalue weighted by molar-refractivity contribution is -0.130. The summed E-state index contributed by atoms with van der Waals surface area (Å²) in [6.45, 7) is -0.211. The van der Waals surface area contributed by atoms with Crippen LogP contribution >= 0.6 is 11.8 Å². The van der Waals surface area contributed by atoms with Gasteiger partial charge in [0.2, 0.25) is 0 Å². The number of imide groups is 1. The Kier molecular flexibility index (Phi) is 3.65. The molecule has 27 heavy (non-hydrogen) atoms. The third-order valence-corrected chi connectivity index (χ3v) is 6.88. The summed E-state index contributed by atoms with van der Waals surface area (Å²) < 4.78 is 0. The van der Waals surface area contributed by atoms with E-state index >= 15 is 0 Å². The molecule has 1 N–H and O–H groups in total. The number of carbonyl (C=O) groups excluding carboxylic acids is 3. The first-order chi connectivity index (χ1) is 13.1. The quantitative estimate of drug-likeness (QED) is 0.562. The smallest absolute Gasteiger partial charge is 0.322 e. The van der Waals surface area contributed by atoms with Gasteiger partial charge >= 0.3 is 6.03 Å². The van der Waals surface area contributed by atoms with Gasteiger partial charge in [0.15, 0.2) is 5.78 Å². The first-order valence-corrected chi connectivity index (χ1v) is 10.2. The van der Waals surface area contributed by atoms with Crippen molar-refractivity contribution in [3.8, 4) is 11.1 Å².